The van der Waals surface area contributed by atoms with Gasteiger partial charge in [0.2, 0.25) is 0 Å². The minimum Gasteiger partial charge on any atom is -0.381 e. The maximum Gasteiger partial charge on any atom is 0.0701 e. The lowest BCUT2D eigenvalue weighted by Crippen LogP contribution is -2.24. The van der Waals surface area contributed by atoms with Gasteiger partial charge in [-0.3, -0.25) is 0 Å². The van der Waals surface area contributed by atoms with E-state index in [9.17, 15) is 0 Å². The first-order valence-electron chi connectivity index (χ1n) is 5.37. The Morgan fingerprint density at radius 2 is 2.47 bits per heavy atom. The third-order valence-electron chi connectivity index (χ3n) is 2.63. The Kier molecular flexibility index (Phi) is 4.62. The summed E-state index contributed by atoms with van der Waals surface area (Å²) in [4.78, 5) is 1.44. The van der Waals surface area contributed by atoms with Crippen LogP contribution in [0.5, 0.6) is 0 Å². The summed E-state index contributed by atoms with van der Waals surface area (Å²) >= 11 is 5.30. The van der Waals surface area contributed by atoms with Gasteiger partial charge in [-0.15, -0.1) is 11.3 Å². The van der Waals surface area contributed by atoms with Crippen LogP contribution in [-0.2, 0) is 11.2 Å². The van der Waals surface area contributed by atoms with Crippen LogP contribution in [0.3, 0.4) is 0 Å². The van der Waals surface area contributed by atoms with Crippen molar-refractivity contribution in [2.45, 2.75) is 12.8 Å². The molecule has 0 amide bonds. The van der Waals surface area contributed by atoms with Crippen molar-refractivity contribution in [1.82, 2.24) is 5.32 Å². The van der Waals surface area contributed by atoms with Crippen LogP contribution in [0.25, 0.3) is 0 Å². The summed E-state index contributed by atoms with van der Waals surface area (Å²) in [7, 11) is 0. The first-order chi connectivity index (χ1) is 7.34. The molecular formula is C11H16BrNOS. The summed E-state index contributed by atoms with van der Waals surface area (Å²) in [6.07, 6.45) is 2.35. The van der Waals surface area contributed by atoms with E-state index in [4.69, 9.17) is 4.74 Å². The quantitative estimate of drug-likeness (QED) is 0.842. The largest absolute Gasteiger partial charge is 0.381 e. The SMILES string of the molecule is Brc1ccc(CCNCC2CCOC2)s1. The lowest BCUT2D eigenvalue weighted by molar-refractivity contribution is 0.185. The van der Waals surface area contributed by atoms with E-state index in [-0.39, 0.29) is 0 Å². The Hall–Kier alpha value is 0.1000. The van der Waals surface area contributed by atoms with Crippen molar-refractivity contribution in [3.63, 3.8) is 0 Å². The number of hydrogen-bond donors (Lipinski definition) is 1. The smallest absolute Gasteiger partial charge is 0.0701 e. The average Bonchev–Trinajstić information content (AvgIpc) is 2.84. The molecule has 1 aromatic heterocycles. The molecule has 0 spiro atoms. The highest BCUT2D eigenvalue weighted by Crippen LogP contribution is 2.22. The van der Waals surface area contributed by atoms with Crippen molar-refractivity contribution in [2.75, 3.05) is 26.3 Å². The number of hydrogen-bond acceptors (Lipinski definition) is 3. The second-order valence-electron chi connectivity index (χ2n) is 3.89. The van der Waals surface area contributed by atoms with E-state index >= 15 is 0 Å². The molecule has 0 aromatic carbocycles. The fraction of sp³-hybridized carbons (Fsp3) is 0.636. The van der Waals surface area contributed by atoms with Crippen LogP contribution in [0.1, 0.15) is 11.3 Å². The molecule has 15 heavy (non-hydrogen) atoms. The highest BCUT2D eigenvalue weighted by molar-refractivity contribution is 9.11. The number of halogens is 1. The van der Waals surface area contributed by atoms with Gasteiger partial charge >= 0.3 is 0 Å². The summed E-state index contributed by atoms with van der Waals surface area (Å²) in [5, 5.41) is 3.50. The van der Waals surface area contributed by atoms with Gasteiger partial charge in [0.05, 0.1) is 10.4 Å². The van der Waals surface area contributed by atoms with Crippen molar-refractivity contribution in [2.24, 2.45) is 5.92 Å². The minimum atomic E-state index is 0.736. The van der Waals surface area contributed by atoms with Crippen LogP contribution < -0.4 is 5.32 Å². The van der Waals surface area contributed by atoms with E-state index < -0.39 is 0 Å². The number of rotatable bonds is 5. The zero-order chi connectivity index (χ0) is 10.5. The molecule has 0 bridgehead atoms. The molecule has 1 atom stereocenters. The second-order valence-corrected chi connectivity index (χ2v) is 6.44. The second kappa shape index (κ2) is 5.99. The first kappa shape index (κ1) is 11.6. The molecule has 1 aliphatic rings. The van der Waals surface area contributed by atoms with E-state index in [0.717, 1.165) is 38.6 Å². The van der Waals surface area contributed by atoms with Crippen molar-refractivity contribution in [3.8, 4) is 0 Å². The van der Waals surface area contributed by atoms with Gasteiger partial charge in [0.15, 0.2) is 0 Å². The van der Waals surface area contributed by atoms with E-state index in [1.165, 1.54) is 15.1 Å². The Morgan fingerprint density at radius 3 is 3.13 bits per heavy atom. The van der Waals surface area contributed by atoms with Crippen LogP contribution in [0.2, 0.25) is 0 Å². The zero-order valence-electron chi connectivity index (χ0n) is 8.67. The standard InChI is InChI=1S/C11H16BrNOS/c12-11-2-1-10(15-11)3-5-13-7-9-4-6-14-8-9/h1-2,9,13H,3-8H2. The zero-order valence-corrected chi connectivity index (χ0v) is 11.1. The third-order valence-corrected chi connectivity index (χ3v) is 4.32. The van der Waals surface area contributed by atoms with Crippen LogP contribution in [0.4, 0.5) is 0 Å². The molecular weight excluding hydrogens is 274 g/mol. The molecule has 1 fully saturated rings. The van der Waals surface area contributed by atoms with Gasteiger partial charge < -0.3 is 10.1 Å². The van der Waals surface area contributed by atoms with Crippen molar-refractivity contribution in [3.05, 3.63) is 20.8 Å². The molecule has 1 aromatic rings. The van der Waals surface area contributed by atoms with Gasteiger partial charge in [0.25, 0.3) is 0 Å². The summed E-state index contributed by atoms with van der Waals surface area (Å²) in [5.41, 5.74) is 0. The Balaban J connectivity index is 1.58. The molecule has 2 rings (SSSR count). The summed E-state index contributed by atoms with van der Waals surface area (Å²) in [6.45, 7) is 4.07. The fourth-order valence-corrected chi connectivity index (χ4v) is 3.23. The van der Waals surface area contributed by atoms with Gasteiger partial charge in [-0.1, -0.05) is 0 Å². The third kappa shape index (κ3) is 3.87. The van der Waals surface area contributed by atoms with E-state index in [1.807, 2.05) is 11.3 Å². The normalized spacial score (nSPS) is 21.0. The lowest BCUT2D eigenvalue weighted by atomic mass is 10.1. The van der Waals surface area contributed by atoms with E-state index in [0.29, 0.717) is 0 Å². The Morgan fingerprint density at radius 1 is 1.53 bits per heavy atom. The molecule has 1 saturated heterocycles. The van der Waals surface area contributed by atoms with Gasteiger partial charge in [-0.2, -0.15) is 0 Å². The van der Waals surface area contributed by atoms with E-state index in [1.54, 1.807) is 0 Å². The molecule has 84 valence electrons. The number of nitrogens with one attached hydrogen (secondary N) is 1. The minimum absolute atomic E-state index is 0.736. The predicted molar refractivity (Wildman–Crippen MR) is 67.5 cm³/mol. The number of thiophene rings is 1. The van der Waals surface area contributed by atoms with Crippen molar-refractivity contribution < 1.29 is 4.74 Å². The lowest BCUT2D eigenvalue weighted by Gasteiger charge is -2.08. The monoisotopic (exact) mass is 289 g/mol. The Labute approximate surface area is 103 Å². The average molecular weight is 290 g/mol. The van der Waals surface area contributed by atoms with Crippen LogP contribution in [0, 0.1) is 5.92 Å². The van der Waals surface area contributed by atoms with Gasteiger partial charge in [-0.25, -0.2) is 0 Å². The van der Waals surface area contributed by atoms with Crippen LogP contribution in [0.15, 0.2) is 15.9 Å². The molecule has 1 N–H and O–H groups in total. The van der Waals surface area contributed by atoms with Gasteiger partial charge in [0.1, 0.15) is 0 Å². The molecule has 2 heterocycles. The molecule has 4 heteroatoms. The Bertz CT molecular complexity index is 297. The highest BCUT2D eigenvalue weighted by atomic mass is 79.9. The maximum atomic E-state index is 5.33. The van der Waals surface area contributed by atoms with Crippen LogP contribution in [-0.4, -0.2) is 26.3 Å². The van der Waals surface area contributed by atoms with Crippen molar-refractivity contribution in [1.29, 1.82) is 0 Å². The topological polar surface area (TPSA) is 21.3 Å². The summed E-state index contributed by atoms with van der Waals surface area (Å²) in [6, 6.07) is 4.31. The molecule has 1 unspecified atom stereocenters. The van der Waals surface area contributed by atoms with Gasteiger partial charge in [0, 0.05) is 18.0 Å². The van der Waals surface area contributed by atoms with Gasteiger partial charge in [-0.05, 0) is 53.4 Å². The number of ether oxygens (including phenoxy) is 1. The molecule has 1 aliphatic heterocycles. The molecule has 2 nitrogen and oxygen atoms in total. The maximum absolute atomic E-state index is 5.33. The summed E-state index contributed by atoms with van der Waals surface area (Å²) in [5.74, 6) is 0.736. The highest BCUT2D eigenvalue weighted by Gasteiger charge is 2.14. The molecule has 0 saturated carbocycles. The molecule has 0 aliphatic carbocycles. The van der Waals surface area contributed by atoms with E-state index in [2.05, 4.69) is 33.4 Å². The summed E-state index contributed by atoms with van der Waals surface area (Å²) < 4.78 is 6.56. The predicted octanol–water partition coefficient (Wildman–Crippen LogP) is 2.68. The van der Waals surface area contributed by atoms with Crippen molar-refractivity contribution >= 4 is 27.3 Å². The van der Waals surface area contributed by atoms with Crippen LogP contribution >= 0.6 is 27.3 Å². The first-order valence-corrected chi connectivity index (χ1v) is 6.98. The molecule has 0 radical (unpaired) electrons. The fourth-order valence-electron chi connectivity index (χ4n) is 1.75.